The predicted octanol–water partition coefficient (Wildman–Crippen LogP) is 5.10. The second-order valence-corrected chi connectivity index (χ2v) is 9.19. The van der Waals surface area contributed by atoms with Gasteiger partial charge in [-0.15, -0.1) is 0 Å². The van der Waals surface area contributed by atoms with Crippen molar-refractivity contribution in [2.24, 2.45) is 5.41 Å². The van der Waals surface area contributed by atoms with Gasteiger partial charge >= 0.3 is 0 Å². The van der Waals surface area contributed by atoms with Crippen molar-refractivity contribution in [2.45, 2.75) is 41.0 Å². The smallest absolute Gasteiger partial charge is 0.191 e. The number of aryl methyl sites for hydroxylation is 1. The van der Waals surface area contributed by atoms with E-state index >= 15 is 0 Å². The van der Waals surface area contributed by atoms with E-state index in [-0.39, 0.29) is 0 Å². The molecule has 7 nitrogen and oxygen atoms in total. The Balaban J connectivity index is 2.26. The van der Waals surface area contributed by atoms with Crippen LogP contribution in [0.3, 0.4) is 0 Å². The standard InChI is InChI=1S/C23H31BrN4O3/c1-7-17(10-15(2)24)13-25-22-18-11-20(30-6)21(12-19(18)27-16(3)28-22)31-26-9-8-23(4,5)14-29/h7,10-12,14,26H,8-9,13H2,1-6H3,(H,25,27,28)/b15-10+,17-7+. The number of halogens is 1. The number of allylic oxidation sites excluding steroid dienone is 2. The van der Waals surface area contributed by atoms with Gasteiger partial charge in [-0.1, -0.05) is 35.9 Å². The third-order valence-electron chi connectivity index (χ3n) is 4.68. The Bertz CT molecular complexity index is 982. The van der Waals surface area contributed by atoms with Gasteiger partial charge in [0.15, 0.2) is 11.5 Å². The van der Waals surface area contributed by atoms with E-state index in [1.165, 1.54) is 0 Å². The van der Waals surface area contributed by atoms with Crippen LogP contribution in [0.4, 0.5) is 5.82 Å². The van der Waals surface area contributed by atoms with Gasteiger partial charge in [0.2, 0.25) is 0 Å². The number of anilines is 1. The van der Waals surface area contributed by atoms with Gasteiger partial charge in [0, 0.05) is 30.0 Å². The number of carbonyl (C=O) groups is 1. The van der Waals surface area contributed by atoms with Crippen molar-refractivity contribution in [3.05, 3.63) is 40.2 Å². The zero-order chi connectivity index (χ0) is 23.0. The van der Waals surface area contributed by atoms with Crippen LogP contribution < -0.4 is 20.4 Å². The molecule has 0 aliphatic rings. The van der Waals surface area contributed by atoms with Crippen LogP contribution in [-0.2, 0) is 4.79 Å². The number of aromatic nitrogens is 2. The Morgan fingerprint density at radius 3 is 2.61 bits per heavy atom. The number of carbonyl (C=O) groups excluding carboxylic acids is 1. The van der Waals surface area contributed by atoms with Crippen LogP contribution in [0.15, 0.2) is 34.3 Å². The number of ether oxygens (including phenoxy) is 1. The summed E-state index contributed by atoms with van der Waals surface area (Å²) in [5.74, 6) is 2.47. The largest absolute Gasteiger partial charge is 0.493 e. The molecule has 0 aliphatic carbocycles. The third kappa shape index (κ3) is 7.33. The summed E-state index contributed by atoms with van der Waals surface area (Å²) in [6.45, 7) is 10.8. The monoisotopic (exact) mass is 490 g/mol. The lowest BCUT2D eigenvalue weighted by Crippen LogP contribution is -2.26. The molecule has 1 aromatic carbocycles. The Morgan fingerprint density at radius 2 is 2.00 bits per heavy atom. The number of hydrogen-bond acceptors (Lipinski definition) is 7. The summed E-state index contributed by atoms with van der Waals surface area (Å²) in [6.07, 6.45) is 5.72. The van der Waals surface area contributed by atoms with E-state index in [0.29, 0.717) is 36.8 Å². The first kappa shape index (κ1) is 24.8. The lowest BCUT2D eigenvalue weighted by atomic mass is 9.92. The summed E-state index contributed by atoms with van der Waals surface area (Å²) in [7, 11) is 1.59. The fourth-order valence-electron chi connectivity index (χ4n) is 2.87. The molecule has 8 heteroatoms. The van der Waals surface area contributed by atoms with Crippen molar-refractivity contribution in [2.75, 3.05) is 25.5 Å². The van der Waals surface area contributed by atoms with Gasteiger partial charge in [-0.05, 0) is 49.4 Å². The van der Waals surface area contributed by atoms with Crippen LogP contribution in [0.5, 0.6) is 11.5 Å². The fourth-order valence-corrected chi connectivity index (χ4v) is 3.16. The van der Waals surface area contributed by atoms with E-state index in [1.807, 2.05) is 46.8 Å². The maximum absolute atomic E-state index is 11.1. The number of nitrogens with one attached hydrogen (secondary N) is 2. The molecule has 168 valence electrons. The Hall–Kier alpha value is -2.45. The quantitative estimate of drug-likeness (QED) is 0.196. The molecule has 2 rings (SSSR count). The van der Waals surface area contributed by atoms with E-state index in [2.05, 4.69) is 48.8 Å². The van der Waals surface area contributed by atoms with Crippen LogP contribution >= 0.6 is 15.9 Å². The Morgan fingerprint density at radius 1 is 1.26 bits per heavy atom. The van der Waals surface area contributed by atoms with Crippen molar-refractivity contribution in [1.29, 1.82) is 0 Å². The van der Waals surface area contributed by atoms with E-state index in [4.69, 9.17) is 9.57 Å². The van der Waals surface area contributed by atoms with Gasteiger partial charge in [0.1, 0.15) is 17.9 Å². The molecule has 0 saturated carbocycles. The number of methoxy groups -OCH3 is 1. The molecule has 0 fully saturated rings. The molecule has 0 aliphatic heterocycles. The zero-order valence-electron chi connectivity index (χ0n) is 19.0. The Labute approximate surface area is 192 Å². The highest BCUT2D eigenvalue weighted by molar-refractivity contribution is 9.11. The van der Waals surface area contributed by atoms with E-state index < -0.39 is 5.41 Å². The molecule has 1 heterocycles. The van der Waals surface area contributed by atoms with Crippen molar-refractivity contribution >= 4 is 38.9 Å². The first-order valence-electron chi connectivity index (χ1n) is 10.1. The van der Waals surface area contributed by atoms with E-state index in [9.17, 15) is 4.79 Å². The molecule has 0 saturated heterocycles. The molecular weight excluding hydrogens is 460 g/mol. The molecule has 1 aromatic heterocycles. The number of benzene rings is 1. The van der Waals surface area contributed by atoms with Crippen LogP contribution in [-0.4, -0.2) is 36.5 Å². The summed E-state index contributed by atoms with van der Waals surface area (Å²) in [6, 6.07) is 3.69. The highest BCUT2D eigenvalue weighted by atomic mass is 79.9. The molecule has 2 aromatic rings. The average Bonchev–Trinajstić information content (AvgIpc) is 2.73. The van der Waals surface area contributed by atoms with Crippen LogP contribution in [0, 0.1) is 12.3 Å². The van der Waals surface area contributed by atoms with Gasteiger partial charge in [-0.2, -0.15) is 5.48 Å². The minimum atomic E-state index is -0.400. The molecule has 0 bridgehead atoms. The van der Waals surface area contributed by atoms with Crippen molar-refractivity contribution in [1.82, 2.24) is 15.4 Å². The van der Waals surface area contributed by atoms with Gasteiger partial charge in [0.05, 0.1) is 12.6 Å². The van der Waals surface area contributed by atoms with Gasteiger partial charge < -0.3 is 19.7 Å². The van der Waals surface area contributed by atoms with Gasteiger partial charge in [-0.25, -0.2) is 9.97 Å². The summed E-state index contributed by atoms with van der Waals surface area (Å²) in [5.41, 5.74) is 4.39. The number of nitrogens with zero attached hydrogens (tertiary/aromatic N) is 2. The summed E-state index contributed by atoms with van der Waals surface area (Å²) < 4.78 is 6.58. The minimum absolute atomic E-state index is 0.400. The van der Waals surface area contributed by atoms with Gasteiger partial charge in [0.25, 0.3) is 0 Å². The zero-order valence-corrected chi connectivity index (χ0v) is 20.6. The Kier molecular flexibility index (Phi) is 9.00. The summed E-state index contributed by atoms with van der Waals surface area (Å²) in [5, 5.41) is 4.24. The number of aldehydes is 1. The first-order chi connectivity index (χ1) is 14.7. The topological polar surface area (TPSA) is 85.4 Å². The lowest BCUT2D eigenvalue weighted by molar-refractivity contribution is -0.115. The molecule has 0 spiro atoms. The molecular formula is C23H31BrN4O3. The second kappa shape index (κ2) is 11.2. The highest BCUT2D eigenvalue weighted by Crippen LogP contribution is 2.34. The van der Waals surface area contributed by atoms with Crippen LogP contribution in [0.2, 0.25) is 0 Å². The maximum atomic E-state index is 11.1. The first-order valence-corrected chi connectivity index (χ1v) is 10.9. The number of hydrogen-bond donors (Lipinski definition) is 2. The number of hydroxylamine groups is 1. The van der Waals surface area contributed by atoms with Crippen molar-refractivity contribution in [3.63, 3.8) is 0 Å². The summed E-state index contributed by atoms with van der Waals surface area (Å²) in [4.78, 5) is 25.9. The van der Waals surface area contributed by atoms with Crippen molar-refractivity contribution in [3.8, 4) is 11.5 Å². The number of rotatable bonds is 11. The summed E-state index contributed by atoms with van der Waals surface area (Å²) >= 11 is 3.47. The van der Waals surface area contributed by atoms with Crippen molar-refractivity contribution < 1.29 is 14.4 Å². The molecule has 0 amide bonds. The average molecular weight is 491 g/mol. The third-order valence-corrected chi connectivity index (χ3v) is 4.91. The van der Waals surface area contributed by atoms with Crippen LogP contribution in [0.25, 0.3) is 10.9 Å². The van der Waals surface area contributed by atoms with Crippen LogP contribution in [0.1, 0.15) is 39.9 Å². The van der Waals surface area contributed by atoms with Gasteiger partial charge in [-0.3, -0.25) is 0 Å². The highest BCUT2D eigenvalue weighted by Gasteiger charge is 2.17. The maximum Gasteiger partial charge on any atom is 0.191 e. The van der Waals surface area contributed by atoms with E-state index in [0.717, 1.165) is 33.1 Å². The second-order valence-electron chi connectivity index (χ2n) is 7.94. The minimum Gasteiger partial charge on any atom is -0.493 e. The number of fused-ring (bicyclic) bond motifs is 1. The molecule has 2 N–H and O–H groups in total. The predicted molar refractivity (Wildman–Crippen MR) is 129 cm³/mol. The fraction of sp³-hybridized carbons (Fsp3) is 0.435. The normalized spacial score (nSPS) is 12.7. The molecule has 0 radical (unpaired) electrons. The SMILES string of the molecule is C/C=C(\C=C(/C)Br)CNc1nc(C)nc2cc(ONCCC(C)(C)C=O)c(OC)cc12. The molecule has 0 unspecified atom stereocenters. The van der Waals surface area contributed by atoms with E-state index in [1.54, 1.807) is 7.11 Å². The molecule has 0 atom stereocenters. The lowest BCUT2D eigenvalue weighted by Gasteiger charge is -2.18. The molecule has 31 heavy (non-hydrogen) atoms.